The van der Waals surface area contributed by atoms with Crippen LogP contribution in [-0.4, -0.2) is 44.6 Å². The van der Waals surface area contributed by atoms with Crippen LogP contribution in [0.15, 0.2) is 24.3 Å². The molecular weight excluding hydrogens is 306 g/mol. The van der Waals surface area contributed by atoms with E-state index < -0.39 is 21.5 Å². The molecular formula is C15H21NO5S. The van der Waals surface area contributed by atoms with E-state index in [1.807, 2.05) is 0 Å². The highest BCUT2D eigenvalue weighted by atomic mass is 32.2. The molecule has 0 bridgehead atoms. The zero-order chi connectivity index (χ0) is 16.4. The van der Waals surface area contributed by atoms with Gasteiger partial charge in [-0.05, 0) is 44.5 Å². The van der Waals surface area contributed by atoms with Crippen LogP contribution in [0.5, 0.6) is 11.5 Å². The zero-order valence-electron chi connectivity index (χ0n) is 13.0. The Morgan fingerprint density at radius 1 is 1.27 bits per heavy atom. The number of methoxy groups -OCH3 is 1. The first-order chi connectivity index (χ1) is 10.2. The summed E-state index contributed by atoms with van der Waals surface area (Å²) in [6, 6.07) is 6.91. The van der Waals surface area contributed by atoms with E-state index in [4.69, 9.17) is 9.47 Å². The molecule has 0 saturated carbocycles. The Hall–Kier alpha value is -1.76. The Bertz CT molecular complexity index is 640. The number of hydrogen-bond donors (Lipinski definition) is 1. The van der Waals surface area contributed by atoms with Crippen LogP contribution in [0.2, 0.25) is 0 Å². The van der Waals surface area contributed by atoms with Crippen molar-refractivity contribution in [3.63, 3.8) is 0 Å². The molecule has 0 spiro atoms. The summed E-state index contributed by atoms with van der Waals surface area (Å²) in [5.41, 5.74) is -0.715. The van der Waals surface area contributed by atoms with E-state index in [2.05, 4.69) is 5.32 Å². The average molecular weight is 327 g/mol. The minimum Gasteiger partial charge on any atom is -0.497 e. The van der Waals surface area contributed by atoms with Crippen LogP contribution in [0.1, 0.15) is 20.3 Å². The summed E-state index contributed by atoms with van der Waals surface area (Å²) in [7, 11) is -1.49. The van der Waals surface area contributed by atoms with Crippen molar-refractivity contribution < 1.29 is 22.7 Å². The fourth-order valence-electron chi connectivity index (χ4n) is 2.42. The van der Waals surface area contributed by atoms with E-state index in [-0.39, 0.29) is 17.4 Å². The molecule has 1 N–H and O–H groups in total. The molecule has 0 aromatic heterocycles. The minimum atomic E-state index is -3.06. The van der Waals surface area contributed by atoms with Crippen LogP contribution < -0.4 is 14.8 Å². The Labute approximate surface area is 130 Å². The van der Waals surface area contributed by atoms with Crippen molar-refractivity contribution in [2.24, 2.45) is 0 Å². The van der Waals surface area contributed by atoms with Gasteiger partial charge in [0.05, 0.1) is 24.2 Å². The summed E-state index contributed by atoms with van der Waals surface area (Å²) in [5, 5.41) is 2.79. The van der Waals surface area contributed by atoms with E-state index in [0.29, 0.717) is 17.9 Å². The number of ether oxygens (including phenoxy) is 2. The molecule has 2 atom stereocenters. The van der Waals surface area contributed by atoms with Crippen molar-refractivity contribution in [1.82, 2.24) is 5.32 Å². The SMILES string of the molecule is COc1ccc(O[C@H](C)C(=O)N[C@@]2(C)CCS(=O)(=O)C2)cc1. The second kappa shape index (κ2) is 6.16. The van der Waals surface area contributed by atoms with Crippen LogP contribution >= 0.6 is 0 Å². The van der Waals surface area contributed by atoms with Gasteiger partial charge in [0.1, 0.15) is 11.5 Å². The van der Waals surface area contributed by atoms with Gasteiger partial charge in [-0.1, -0.05) is 0 Å². The van der Waals surface area contributed by atoms with Crippen LogP contribution in [0.4, 0.5) is 0 Å². The lowest BCUT2D eigenvalue weighted by atomic mass is 10.0. The Morgan fingerprint density at radius 3 is 2.36 bits per heavy atom. The first-order valence-corrected chi connectivity index (χ1v) is 8.88. The molecule has 0 unspecified atom stereocenters. The summed E-state index contributed by atoms with van der Waals surface area (Å²) < 4.78 is 33.7. The third kappa shape index (κ3) is 4.13. The number of sulfone groups is 1. The molecule has 1 heterocycles. The second-order valence-corrected chi connectivity index (χ2v) is 8.01. The number of nitrogens with one attached hydrogen (secondary N) is 1. The monoisotopic (exact) mass is 327 g/mol. The molecule has 22 heavy (non-hydrogen) atoms. The number of rotatable bonds is 5. The van der Waals surface area contributed by atoms with Crippen LogP contribution in [0.25, 0.3) is 0 Å². The summed E-state index contributed by atoms with van der Waals surface area (Å²) in [6.45, 7) is 3.38. The lowest BCUT2D eigenvalue weighted by molar-refractivity contribution is -0.128. The van der Waals surface area contributed by atoms with Crippen LogP contribution in [-0.2, 0) is 14.6 Å². The topological polar surface area (TPSA) is 81.7 Å². The molecule has 7 heteroatoms. The van der Waals surface area contributed by atoms with Crippen molar-refractivity contribution in [2.45, 2.75) is 31.9 Å². The molecule has 1 saturated heterocycles. The fourth-order valence-corrected chi connectivity index (χ4v) is 4.51. The van der Waals surface area contributed by atoms with Gasteiger partial charge in [-0.15, -0.1) is 0 Å². The lowest BCUT2D eigenvalue weighted by Crippen LogP contribution is -2.51. The number of hydrogen-bond acceptors (Lipinski definition) is 5. The fraction of sp³-hybridized carbons (Fsp3) is 0.533. The van der Waals surface area contributed by atoms with Gasteiger partial charge >= 0.3 is 0 Å². The normalized spacial score (nSPS) is 24.5. The van der Waals surface area contributed by atoms with E-state index >= 15 is 0 Å². The Morgan fingerprint density at radius 2 is 1.86 bits per heavy atom. The summed E-state index contributed by atoms with van der Waals surface area (Å²) in [4.78, 5) is 12.2. The molecule has 1 aromatic rings. The lowest BCUT2D eigenvalue weighted by Gasteiger charge is -2.26. The smallest absolute Gasteiger partial charge is 0.261 e. The van der Waals surface area contributed by atoms with E-state index in [1.54, 1.807) is 45.2 Å². The van der Waals surface area contributed by atoms with Gasteiger partial charge in [0.2, 0.25) is 0 Å². The predicted molar refractivity (Wildman–Crippen MR) is 82.9 cm³/mol. The molecule has 1 fully saturated rings. The Balaban J connectivity index is 1.94. The van der Waals surface area contributed by atoms with Gasteiger partial charge in [-0.3, -0.25) is 4.79 Å². The van der Waals surface area contributed by atoms with Gasteiger partial charge < -0.3 is 14.8 Å². The average Bonchev–Trinajstić information content (AvgIpc) is 2.73. The van der Waals surface area contributed by atoms with E-state index in [0.717, 1.165) is 0 Å². The molecule has 1 aromatic carbocycles. The number of carbonyl (C=O) groups excluding carboxylic acids is 1. The molecule has 2 rings (SSSR count). The highest BCUT2D eigenvalue weighted by Crippen LogP contribution is 2.23. The molecule has 1 amide bonds. The minimum absolute atomic E-state index is 0.0268. The number of amides is 1. The highest BCUT2D eigenvalue weighted by Gasteiger charge is 2.40. The van der Waals surface area contributed by atoms with Gasteiger partial charge in [0.15, 0.2) is 15.9 Å². The maximum absolute atomic E-state index is 12.2. The first-order valence-electron chi connectivity index (χ1n) is 7.06. The van der Waals surface area contributed by atoms with Crippen molar-refractivity contribution >= 4 is 15.7 Å². The van der Waals surface area contributed by atoms with Crippen LogP contribution in [0, 0.1) is 0 Å². The standard InChI is InChI=1S/C15H21NO5S/c1-11(21-13-6-4-12(20-3)5-7-13)14(17)16-15(2)8-9-22(18,19)10-15/h4-7,11H,8-10H2,1-3H3,(H,16,17)/t11-,15+/m1/s1. The van der Waals surface area contributed by atoms with E-state index in [9.17, 15) is 13.2 Å². The first kappa shape index (κ1) is 16.6. The summed E-state index contributed by atoms with van der Waals surface area (Å²) >= 11 is 0. The van der Waals surface area contributed by atoms with Gasteiger partial charge in [0, 0.05) is 0 Å². The van der Waals surface area contributed by atoms with Gasteiger partial charge in [0.25, 0.3) is 5.91 Å². The highest BCUT2D eigenvalue weighted by molar-refractivity contribution is 7.91. The largest absolute Gasteiger partial charge is 0.497 e. The quantitative estimate of drug-likeness (QED) is 0.877. The number of carbonyl (C=O) groups is 1. The van der Waals surface area contributed by atoms with Gasteiger partial charge in [-0.25, -0.2) is 8.42 Å². The molecule has 0 aliphatic carbocycles. The number of benzene rings is 1. The molecule has 1 aliphatic heterocycles. The Kier molecular flexibility index (Phi) is 4.65. The molecule has 122 valence electrons. The summed E-state index contributed by atoms with van der Waals surface area (Å²) in [6.07, 6.45) is -0.287. The molecule has 0 radical (unpaired) electrons. The predicted octanol–water partition coefficient (Wildman–Crippen LogP) is 1.16. The van der Waals surface area contributed by atoms with Crippen LogP contribution in [0.3, 0.4) is 0 Å². The summed E-state index contributed by atoms with van der Waals surface area (Å²) in [5.74, 6) is 1.01. The van der Waals surface area contributed by atoms with Gasteiger partial charge in [-0.2, -0.15) is 0 Å². The van der Waals surface area contributed by atoms with E-state index in [1.165, 1.54) is 0 Å². The van der Waals surface area contributed by atoms with Crippen molar-refractivity contribution in [2.75, 3.05) is 18.6 Å². The zero-order valence-corrected chi connectivity index (χ0v) is 13.8. The van der Waals surface area contributed by atoms with Crippen molar-refractivity contribution in [3.05, 3.63) is 24.3 Å². The second-order valence-electron chi connectivity index (χ2n) is 5.83. The maximum Gasteiger partial charge on any atom is 0.261 e. The molecule has 1 aliphatic rings. The molecule has 6 nitrogen and oxygen atoms in total. The van der Waals surface area contributed by atoms with Crippen molar-refractivity contribution in [1.29, 1.82) is 0 Å². The third-order valence-electron chi connectivity index (χ3n) is 3.67. The third-order valence-corrected chi connectivity index (χ3v) is 5.57. The maximum atomic E-state index is 12.2. The van der Waals surface area contributed by atoms with Crippen molar-refractivity contribution in [3.8, 4) is 11.5 Å².